The van der Waals surface area contributed by atoms with Crippen molar-refractivity contribution in [1.29, 1.82) is 0 Å². The highest BCUT2D eigenvalue weighted by atomic mass is 19.1. The lowest BCUT2D eigenvalue weighted by molar-refractivity contribution is -0.136. The summed E-state index contributed by atoms with van der Waals surface area (Å²) in [6, 6.07) is 10.8. The van der Waals surface area contributed by atoms with Crippen LogP contribution in [0.4, 0.5) is 10.2 Å². The van der Waals surface area contributed by atoms with Crippen molar-refractivity contribution >= 4 is 17.4 Å². The van der Waals surface area contributed by atoms with E-state index in [-0.39, 0.29) is 17.6 Å². The van der Waals surface area contributed by atoms with Crippen molar-refractivity contribution in [3.63, 3.8) is 0 Å². The van der Waals surface area contributed by atoms with Crippen molar-refractivity contribution in [2.24, 2.45) is 5.92 Å². The lowest BCUT2D eigenvalue weighted by Gasteiger charge is -2.34. The van der Waals surface area contributed by atoms with Crippen LogP contribution in [0.1, 0.15) is 24.8 Å². The van der Waals surface area contributed by atoms with Gasteiger partial charge in [-0.25, -0.2) is 4.39 Å². The molecule has 0 spiro atoms. The van der Waals surface area contributed by atoms with E-state index in [2.05, 4.69) is 25.1 Å². The summed E-state index contributed by atoms with van der Waals surface area (Å²) in [5, 5.41) is 12.4. The Morgan fingerprint density at radius 1 is 1.00 bits per heavy atom. The maximum atomic E-state index is 14.0. The first-order valence-corrected chi connectivity index (χ1v) is 11.3. The molecule has 0 N–H and O–H groups in total. The van der Waals surface area contributed by atoms with Crippen LogP contribution in [0.15, 0.2) is 42.7 Å². The van der Waals surface area contributed by atoms with Gasteiger partial charge in [-0.05, 0) is 37.5 Å². The van der Waals surface area contributed by atoms with E-state index in [1.807, 2.05) is 29.2 Å². The van der Waals surface area contributed by atoms with Gasteiger partial charge < -0.3 is 9.80 Å². The summed E-state index contributed by atoms with van der Waals surface area (Å²) in [5.41, 5.74) is 1.45. The van der Waals surface area contributed by atoms with Crippen LogP contribution in [-0.4, -0.2) is 74.8 Å². The fourth-order valence-corrected chi connectivity index (χ4v) is 4.72. The normalized spacial score (nSPS) is 18.8. The predicted molar refractivity (Wildman–Crippen MR) is 119 cm³/mol. The molecule has 32 heavy (non-hydrogen) atoms. The number of halogens is 1. The van der Waals surface area contributed by atoms with Crippen LogP contribution in [0.25, 0.3) is 5.65 Å². The maximum absolute atomic E-state index is 14.0. The number of fused-ring (bicyclic) bond motifs is 1. The molecule has 3 aromatic rings. The van der Waals surface area contributed by atoms with E-state index in [0.717, 1.165) is 69.0 Å². The molecule has 2 saturated heterocycles. The first kappa shape index (κ1) is 20.8. The lowest BCUT2D eigenvalue weighted by atomic mass is 9.95. The molecule has 0 unspecified atom stereocenters. The van der Waals surface area contributed by atoms with E-state index in [9.17, 15) is 9.18 Å². The molecular formula is C23H28FN7O. The Kier molecular flexibility index (Phi) is 5.98. The second kappa shape index (κ2) is 9.20. The second-order valence-corrected chi connectivity index (χ2v) is 8.63. The third-order valence-electron chi connectivity index (χ3n) is 6.57. The van der Waals surface area contributed by atoms with Crippen LogP contribution in [0, 0.1) is 11.7 Å². The molecule has 0 radical (unpaired) electrons. The van der Waals surface area contributed by atoms with Gasteiger partial charge in [-0.3, -0.25) is 9.69 Å². The Bertz CT molecular complexity index is 1080. The fraction of sp³-hybridized carbons (Fsp3) is 0.478. The third kappa shape index (κ3) is 4.43. The third-order valence-corrected chi connectivity index (χ3v) is 6.57. The molecule has 1 amide bonds. The van der Waals surface area contributed by atoms with Gasteiger partial charge in [-0.1, -0.05) is 18.2 Å². The molecular weight excluding hydrogens is 409 g/mol. The van der Waals surface area contributed by atoms with Gasteiger partial charge >= 0.3 is 0 Å². The number of rotatable bonds is 4. The number of benzene rings is 1. The first-order chi connectivity index (χ1) is 15.7. The highest BCUT2D eigenvalue weighted by Gasteiger charge is 2.30. The smallest absolute Gasteiger partial charge is 0.225 e. The van der Waals surface area contributed by atoms with Gasteiger partial charge in [0.05, 0.1) is 0 Å². The predicted octanol–water partition coefficient (Wildman–Crippen LogP) is 2.21. The van der Waals surface area contributed by atoms with Gasteiger partial charge in [0.25, 0.3) is 0 Å². The number of nitrogens with zero attached hydrogens (tertiary/aromatic N) is 7. The highest BCUT2D eigenvalue weighted by Crippen LogP contribution is 2.24. The summed E-state index contributed by atoms with van der Waals surface area (Å²) in [5.74, 6) is 1.05. The number of carbonyl (C=O) groups is 1. The molecule has 0 saturated carbocycles. The van der Waals surface area contributed by atoms with Gasteiger partial charge in [0.2, 0.25) is 5.91 Å². The number of piperidine rings is 1. The van der Waals surface area contributed by atoms with Crippen LogP contribution in [-0.2, 0) is 11.3 Å². The second-order valence-electron chi connectivity index (χ2n) is 8.63. The zero-order valence-electron chi connectivity index (χ0n) is 18.1. The van der Waals surface area contributed by atoms with Crippen molar-refractivity contribution in [3.05, 3.63) is 54.1 Å². The molecule has 0 aliphatic carbocycles. The molecule has 168 valence electrons. The highest BCUT2D eigenvalue weighted by molar-refractivity contribution is 5.79. The van der Waals surface area contributed by atoms with E-state index in [1.54, 1.807) is 16.9 Å². The number of amides is 1. The van der Waals surface area contributed by atoms with Gasteiger partial charge in [0, 0.05) is 57.3 Å². The van der Waals surface area contributed by atoms with Crippen molar-refractivity contribution < 1.29 is 9.18 Å². The monoisotopic (exact) mass is 437 g/mol. The SMILES string of the molecule is O=C(C1CCN(c2ccc3nncn3n2)CC1)N1CCCN(Cc2ccccc2F)CC1. The summed E-state index contributed by atoms with van der Waals surface area (Å²) >= 11 is 0. The topological polar surface area (TPSA) is 69.9 Å². The quantitative estimate of drug-likeness (QED) is 0.623. The molecule has 2 fully saturated rings. The minimum Gasteiger partial charge on any atom is -0.355 e. The van der Waals surface area contributed by atoms with Crippen molar-refractivity contribution in [3.8, 4) is 0 Å². The summed E-state index contributed by atoms with van der Waals surface area (Å²) < 4.78 is 15.7. The summed E-state index contributed by atoms with van der Waals surface area (Å²) in [4.78, 5) is 19.7. The molecule has 4 heterocycles. The van der Waals surface area contributed by atoms with E-state index >= 15 is 0 Å². The average Bonchev–Trinajstić information content (AvgIpc) is 3.18. The summed E-state index contributed by atoms with van der Waals surface area (Å²) in [6.07, 6.45) is 4.18. The van der Waals surface area contributed by atoms with Crippen LogP contribution >= 0.6 is 0 Å². The Balaban J connectivity index is 1.14. The lowest BCUT2D eigenvalue weighted by Crippen LogP contribution is -2.44. The van der Waals surface area contributed by atoms with Crippen LogP contribution < -0.4 is 4.90 Å². The zero-order chi connectivity index (χ0) is 21.9. The van der Waals surface area contributed by atoms with Crippen LogP contribution in [0.3, 0.4) is 0 Å². The summed E-state index contributed by atoms with van der Waals surface area (Å²) in [6.45, 7) is 5.36. The molecule has 1 aromatic carbocycles. The molecule has 0 bridgehead atoms. The molecule has 2 aliphatic rings. The molecule has 2 aromatic heterocycles. The standard InChI is InChI=1S/C23H28FN7O/c24-20-5-2-1-4-19(20)16-28-10-3-11-30(15-14-28)23(32)18-8-12-29(13-9-18)22-7-6-21-26-25-17-31(21)27-22/h1-2,4-7,17-18H,3,8-16H2. The molecule has 5 rings (SSSR count). The molecule has 2 aliphatic heterocycles. The van der Waals surface area contributed by atoms with E-state index in [0.29, 0.717) is 13.1 Å². The van der Waals surface area contributed by atoms with Gasteiger partial charge in [-0.2, -0.15) is 4.52 Å². The Morgan fingerprint density at radius 3 is 2.69 bits per heavy atom. The number of anilines is 1. The maximum Gasteiger partial charge on any atom is 0.225 e. The minimum absolute atomic E-state index is 0.0583. The number of aromatic nitrogens is 4. The number of hydrogen-bond donors (Lipinski definition) is 0. The molecule has 9 heteroatoms. The minimum atomic E-state index is -0.158. The van der Waals surface area contributed by atoms with E-state index in [4.69, 9.17) is 0 Å². The number of hydrogen-bond acceptors (Lipinski definition) is 6. The van der Waals surface area contributed by atoms with E-state index < -0.39 is 0 Å². The number of carbonyl (C=O) groups excluding carboxylic acids is 1. The fourth-order valence-electron chi connectivity index (χ4n) is 4.72. The summed E-state index contributed by atoms with van der Waals surface area (Å²) in [7, 11) is 0. The van der Waals surface area contributed by atoms with Gasteiger partial charge in [0.1, 0.15) is 18.0 Å². The van der Waals surface area contributed by atoms with E-state index in [1.165, 1.54) is 6.07 Å². The van der Waals surface area contributed by atoms with Crippen molar-refractivity contribution in [2.75, 3.05) is 44.2 Å². The van der Waals surface area contributed by atoms with Crippen LogP contribution in [0.2, 0.25) is 0 Å². The Labute approximate surface area is 186 Å². The molecule has 0 atom stereocenters. The van der Waals surface area contributed by atoms with Gasteiger partial charge in [0.15, 0.2) is 5.65 Å². The van der Waals surface area contributed by atoms with Crippen molar-refractivity contribution in [1.82, 2.24) is 29.6 Å². The van der Waals surface area contributed by atoms with Crippen molar-refractivity contribution in [2.45, 2.75) is 25.8 Å². The first-order valence-electron chi connectivity index (χ1n) is 11.3. The van der Waals surface area contributed by atoms with Crippen LogP contribution in [0.5, 0.6) is 0 Å². The van der Waals surface area contributed by atoms with Gasteiger partial charge in [-0.15, -0.1) is 15.3 Å². The average molecular weight is 438 g/mol. The molecule has 8 nitrogen and oxygen atoms in total. The zero-order valence-corrected chi connectivity index (χ0v) is 18.1. The largest absolute Gasteiger partial charge is 0.355 e. The Hall–Kier alpha value is -3.07. The Morgan fingerprint density at radius 2 is 1.84 bits per heavy atom.